The van der Waals surface area contributed by atoms with Gasteiger partial charge in [-0.05, 0) is 55.9 Å². The Morgan fingerprint density at radius 1 is 0.966 bits per heavy atom. The molecule has 0 atom stereocenters. The van der Waals surface area contributed by atoms with Gasteiger partial charge in [0.2, 0.25) is 5.91 Å². The van der Waals surface area contributed by atoms with E-state index in [1.807, 2.05) is 29.2 Å². The molecule has 2 amide bonds. The second-order valence-electron chi connectivity index (χ2n) is 8.18. The molecule has 29 heavy (non-hydrogen) atoms. The SMILES string of the molecule is Cc1ccc(CSCC(=O)N(Cc2ccc(C(=O)NC3CC3)cc2)C2CC2)cc1. The van der Waals surface area contributed by atoms with Gasteiger partial charge in [-0.15, -0.1) is 11.8 Å². The predicted molar refractivity (Wildman–Crippen MR) is 118 cm³/mol. The maximum Gasteiger partial charge on any atom is 0.251 e. The van der Waals surface area contributed by atoms with Gasteiger partial charge >= 0.3 is 0 Å². The number of nitrogens with one attached hydrogen (secondary N) is 1. The monoisotopic (exact) mass is 408 g/mol. The van der Waals surface area contributed by atoms with Crippen molar-refractivity contribution in [2.45, 2.75) is 57.0 Å². The highest BCUT2D eigenvalue weighted by molar-refractivity contribution is 7.99. The molecule has 2 aliphatic rings. The maximum absolute atomic E-state index is 12.8. The summed E-state index contributed by atoms with van der Waals surface area (Å²) >= 11 is 1.68. The zero-order chi connectivity index (χ0) is 20.2. The van der Waals surface area contributed by atoms with E-state index in [4.69, 9.17) is 0 Å². The Kier molecular flexibility index (Phi) is 6.24. The van der Waals surface area contributed by atoms with Crippen molar-refractivity contribution < 1.29 is 9.59 Å². The van der Waals surface area contributed by atoms with E-state index in [1.54, 1.807) is 11.8 Å². The number of carbonyl (C=O) groups is 2. The van der Waals surface area contributed by atoms with Crippen LogP contribution in [-0.4, -0.2) is 34.6 Å². The summed E-state index contributed by atoms with van der Waals surface area (Å²) in [7, 11) is 0. The number of rotatable bonds is 9. The Morgan fingerprint density at radius 2 is 1.62 bits per heavy atom. The minimum Gasteiger partial charge on any atom is -0.349 e. The Labute approximate surface area is 177 Å². The fourth-order valence-electron chi connectivity index (χ4n) is 3.29. The molecular formula is C24H28N2O2S. The van der Waals surface area contributed by atoms with Crippen molar-refractivity contribution in [1.29, 1.82) is 0 Å². The molecule has 4 nitrogen and oxygen atoms in total. The van der Waals surface area contributed by atoms with Crippen molar-refractivity contribution in [1.82, 2.24) is 10.2 Å². The molecular weight excluding hydrogens is 380 g/mol. The Bertz CT molecular complexity index is 855. The van der Waals surface area contributed by atoms with Crippen molar-refractivity contribution in [2.24, 2.45) is 0 Å². The Hall–Kier alpha value is -2.27. The van der Waals surface area contributed by atoms with Gasteiger partial charge in [0.1, 0.15) is 0 Å². The number of nitrogens with zero attached hydrogens (tertiary/aromatic N) is 1. The van der Waals surface area contributed by atoms with Crippen LogP contribution in [0.2, 0.25) is 0 Å². The van der Waals surface area contributed by atoms with E-state index in [9.17, 15) is 9.59 Å². The first kappa shape index (κ1) is 20.0. The molecule has 0 spiro atoms. The Balaban J connectivity index is 1.29. The number of hydrogen-bond donors (Lipinski definition) is 1. The van der Waals surface area contributed by atoms with Crippen molar-refractivity contribution in [2.75, 3.05) is 5.75 Å². The number of amides is 2. The first-order valence-corrected chi connectivity index (χ1v) is 11.6. The molecule has 2 aromatic carbocycles. The van der Waals surface area contributed by atoms with Crippen LogP contribution < -0.4 is 5.32 Å². The highest BCUT2D eigenvalue weighted by Gasteiger charge is 2.32. The minimum absolute atomic E-state index is 0.00156. The molecule has 4 rings (SSSR count). The van der Waals surface area contributed by atoms with E-state index in [0.717, 1.165) is 37.0 Å². The van der Waals surface area contributed by atoms with Gasteiger partial charge in [-0.1, -0.05) is 42.0 Å². The van der Waals surface area contributed by atoms with Gasteiger partial charge in [-0.25, -0.2) is 0 Å². The van der Waals surface area contributed by atoms with Crippen LogP contribution in [0.5, 0.6) is 0 Å². The zero-order valence-electron chi connectivity index (χ0n) is 16.9. The van der Waals surface area contributed by atoms with E-state index in [0.29, 0.717) is 29.9 Å². The smallest absolute Gasteiger partial charge is 0.251 e. The van der Waals surface area contributed by atoms with Crippen LogP contribution in [0.25, 0.3) is 0 Å². The van der Waals surface area contributed by atoms with Gasteiger partial charge in [-0.2, -0.15) is 0 Å². The summed E-state index contributed by atoms with van der Waals surface area (Å²) in [5, 5.41) is 3.01. The van der Waals surface area contributed by atoms with Crippen LogP contribution in [0.15, 0.2) is 48.5 Å². The summed E-state index contributed by atoms with van der Waals surface area (Å²) < 4.78 is 0. The van der Waals surface area contributed by atoms with Crippen molar-refractivity contribution >= 4 is 23.6 Å². The molecule has 0 aliphatic heterocycles. The van der Waals surface area contributed by atoms with Gasteiger partial charge in [0.15, 0.2) is 0 Å². The van der Waals surface area contributed by atoms with Gasteiger partial charge < -0.3 is 10.2 Å². The Morgan fingerprint density at radius 3 is 2.24 bits per heavy atom. The van der Waals surface area contributed by atoms with E-state index in [-0.39, 0.29) is 11.8 Å². The second-order valence-corrected chi connectivity index (χ2v) is 9.16. The summed E-state index contributed by atoms with van der Waals surface area (Å²) in [4.78, 5) is 27.0. The van der Waals surface area contributed by atoms with E-state index < -0.39 is 0 Å². The van der Waals surface area contributed by atoms with Gasteiger partial charge in [0.25, 0.3) is 5.91 Å². The van der Waals surface area contributed by atoms with Crippen molar-refractivity contribution in [3.05, 3.63) is 70.8 Å². The van der Waals surface area contributed by atoms with Gasteiger partial charge in [-0.3, -0.25) is 9.59 Å². The lowest BCUT2D eigenvalue weighted by Gasteiger charge is -2.22. The normalized spacial score (nSPS) is 15.8. The first-order chi connectivity index (χ1) is 14.1. The molecule has 0 saturated heterocycles. The molecule has 0 heterocycles. The quantitative estimate of drug-likeness (QED) is 0.673. The molecule has 2 fully saturated rings. The molecule has 2 aliphatic carbocycles. The summed E-state index contributed by atoms with van der Waals surface area (Å²) in [6.45, 7) is 2.71. The molecule has 0 radical (unpaired) electrons. The molecule has 2 saturated carbocycles. The van der Waals surface area contributed by atoms with Crippen LogP contribution >= 0.6 is 11.8 Å². The summed E-state index contributed by atoms with van der Waals surface area (Å²) in [6.07, 6.45) is 4.36. The number of thioether (sulfide) groups is 1. The topological polar surface area (TPSA) is 49.4 Å². The number of aryl methyl sites for hydroxylation is 1. The number of benzene rings is 2. The number of hydrogen-bond acceptors (Lipinski definition) is 3. The van der Waals surface area contributed by atoms with E-state index >= 15 is 0 Å². The summed E-state index contributed by atoms with van der Waals surface area (Å²) in [5.74, 6) is 1.57. The summed E-state index contributed by atoms with van der Waals surface area (Å²) in [6, 6.07) is 16.9. The second kappa shape index (κ2) is 9.04. The fourth-order valence-corrected chi connectivity index (χ4v) is 4.16. The van der Waals surface area contributed by atoms with Crippen LogP contribution in [0.1, 0.15) is 52.7 Å². The fraction of sp³-hybridized carbons (Fsp3) is 0.417. The molecule has 0 unspecified atom stereocenters. The van der Waals surface area contributed by atoms with Crippen LogP contribution in [0, 0.1) is 6.92 Å². The molecule has 0 bridgehead atoms. The van der Waals surface area contributed by atoms with E-state index in [2.05, 4.69) is 36.5 Å². The lowest BCUT2D eigenvalue weighted by atomic mass is 10.1. The average molecular weight is 409 g/mol. The lowest BCUT2D eigenvalue weighted by molar-refractivity contribution is -0.129. The maximum atomic E-state index is 12.8. The third kappa shape index (κ3) is 5.86. The predicted octanol–water partition coefficient (Wildman–Crippen LogP) is 4.31. The third-order valence-corrected chi connectivity index (χ3v) is 6.39. The van der Waals surface area contributed by atoms with Crippen LogP contribution in [0.4, 0.5) is 0 Å². The highest BCUT2D eigenvalue weighted by Crippen LogP contribution is 2.29. The van der Waals surface area contributed by atoms with Crippen LogP contribution in [-0.2, 0) is 17.1 Å². The zero-order valence-corrected chi connectivity index (χ0v) is 17.7. The van der Waals surface area contributed by atoms with Crippen molar-refractivity contribution in [3.63, 3.8) is 0 Å². The van der Waals surface area contributed by atoms with Gasteiger partial charge in [0, 0.05) is 29.9 Å². The van der Waals surface area contributed by atoms with E-state index in [1.165, 1.54) is 11.1 Å². The average Bonchev–Trinajstić information content (AvgIpc) is 3.63. The third-order valence-electron chi connectivity index (χ3n) is 5.40. The largest absolute Gasteiger partial charge is 0.349 e. The van der Waals surface area contributed by atoms with Crippen molar-refractivity contribution in [3.8, 4) is 0 Å². The standard InChI is InChI=1S/C24H28N2O2S/c1-17-2-4-19(5-3-17)15-29-16-23(27)26(22-12-13-22)14-18-6-8-20(9-7-18)24(28)25-21-10-11-21/h2-9,21-22H,10-16H2,1H3,(H,25,28). The first-order valence-electron chi connectivity index (χ1n) is 10.4. The number of carbonyl (C=O) groups excluding carboxylic acids is 2. The molecule has 5 heteroatoms. The molecule has 0 aromatic heterocycles. The molecule has 2 aromatic rings. The summed E-state index contributed by atoms with van der Waals surface area (Å²) in [5.41, 5.74) is 4.28. The lowest BCUT2D eigenvalue weighted by Crippen LogP contribution is -2.34. The molecule has 152 valence electrons. The van der Waals surface area contributed by atoms with Crippen LogP contribution in [0.3, 0.4) is 0 Å². The van der Waals surface area contributed by atoms with Gasteiger partial charge in [0.05, 0.1) is 5.75 Å². The highest BCUT2D eigenvalue weighted by atomic mass is 32.2. The molecule has 1 N–H and O–H groups in total. The minimum atomic E-state index is 0.00156.